The molecule has 4 nitrogen and oxygen atoms in total. The van der Waals surface area contributed by atoms with E-state index in [1.54, 1.807) is 0 Å². The molecule has 3 rings (SSSR count). The Labute approximate surface area is 162 Å². The van der Waals surface area contributed by atoms with Crippen LogP contribution in [-0.2, 0) is 11.2 Å². The van der Waals surface area contributed by atoms with Crippen LogP contribution in [0.1, 0.15) is 44.2 Å². The molecule has 0 radical (unpaired) electrons. The molecule has 26 heavy (non-hydrogen) atoms. The highest BCUT2D eigenvalue weighted by molar-refractivity contribution is 5.97. The van der Waals surface area contributed by atoms with Crippen LogP contribution in [0.2, 0.25) is 0 Å². The monoisotopic (exact) mass is 373 g/mol. The van der Waals surface area contributed by atoms with Crippen molar-refractivity contribution in [1.29, 1.82) is 0 Å². The Hall–Kier alpha value is -2.20. The lowest BCUT2D eigenvalue weighted by Crippen LogP contribution is -2.45. The van der Waals surface area contributed by atoms with Crippen molar-refractivity contribution in [2.45, 2.75) is 45.6 Å². The molecule has 0 spiro atoms. The number of fused-ring (bicyclic) bond motifs is 1. The zero-order valence-corrected chi connectivity index (χ0v) is 16.5. The summed E-state index contributed by atoms with van der Waals surface area (Å²) in [6, 6.07) is 13.7. The van der Waals surface area contributed by atoms with E-state index in [4.69, 9.17) is 5.73 Å². The maximum atomic E-state index is 12.9. The lowest BCUT2D eigenvalue weighted by Gasteiger charge is -2.36. The molecule has 0 aliphatic carbocycles. The molecule has 3 N–H and O–H groups in total. The fraction of sp³-hybridized carbons (Fsp3) is 0.381. The van der Waals surface area contributed by atoms with Gasteiger partial charge in [-0.2, -0.15) is 0 Å². The summed E-state index contributed by atoms with van der Waals surface area (Å²) < 4.78 is 0. The van der Waals surface area contributed by atoms with Crippen LogP contribution in [0.25, 0.3) is 0 Å². The van der Waals surface area contributed by atoms with Gasteiger partial charge in [0, 0.05) is 23.6 Å². The van der Waals surface area contributed by atoms with Crippen LogP contribution in [0, 0.1) is 0 Å². The van der Waals surface area contributed by atoms with E-state index in [9.17, 15) is 4.79 Å². The Morgan fingerprint density at radius 3 is 2.58 bits per heavy atom. The summed E-state index contributed by atoms with van der Waals surface area (Å²) in [4.78, 5) is 15.1. The number of hydrogen-bond acceptors (Lipinski definition) is 3. The predicted octanol–water partition coefficient (Wildman–Crippen LogP) is 4.59. The smallest absolute Gasteiger partial charge is 0.246 e. The lowest BCUT2D eigenvalue weighted by molar-refractivity contribution is -0.117. The van der Waals surface area contributed by atoms with Gasteiger partial charge in [0.15, 0.2) is 0 Å². The van der Waals surface area contributed by atoms with Gasteiger partial charge in [0.25, 0.3) is 0 Å². The fourth-order valence-corrected chi connectivity index (χ4v) is 3.58. The number of anilines is 3. The van der Waals surface area contributed by atoms with Crippen LogP contribution in [0.15, 0.2) is 42.5 Å². The van der Waals surface area contributed by atoms with Crippen molar-refractivity contribution in [1.82, 2.24) is 0 Å². The van der Waals surface area contributed by atoms with E-state index in [-0.39, 0.29) is 24.4 Å². The molecule has 0 aromatic heterocycles. The summed E-state index contributed by atoms with van der Waals surface area (Å²) >= 11 is 0. The number of nitrogen functional groups attached to an aromatic ring is 1. The second-order valence-electron chi connectivity index (χ2n) is 7.05. The van der Waals surface area contributed by atoms with Gasteiger partial charge in [0.1, 0.15) is 6.04 Å². The van der Waals surface area contributed by atoms with Crippen LogP contribution < -0.4 is 16.0 Å². The summed E-state index contributed by atoms with van der Waals surface area (Å²) in [5.74, 6) is 0.380. The van der Waals surface area contributed by atoms with Crippen molar-refractivity contribution in [3.63, 3.8) is 0 Å². The highest BCUT2D eigenvalue weighted by Crippen LogP contribution is 2.33. The van der Waals surface area contributed by atoms with Crippen molar-refractivity contribution in [3.05, 3.63) is 53.6 Å². The standard InChI is InChI=1S/C21H27N3O.ClH/c1-14(2)16-8-4-5-11-19(16)23-21(25)15(3)24-13-7-9-17-18(22)10-6-12-20(17)24;/h4-6,8,10-12,14-15H,7,9,13,22H2,1-3H3,(H,23,25);1H. The average Bonchev–Trinajstić information content (AvgIpc) is 2.61. The summed E-state index contributed by atoms with van der Waals surface area (Å²) in [5.41, 5.74) is 11.3. The summed E-state index contributed by atoms with van der Waals surface area (Å²) in [5, 5.41) is 3.12. The number of nitrogens with two attached hydrogens (primary N) is 1. The first-order chi connectivity index (χ1) is 12.0. The van der Waals surface area contributed by atoms with Gasteiger partial charge >= 0.3 is 0 Å². The van der Waals surface area contributed by atoms with Gasteiger partial charge in [-0.15, -0.1) is 12.4 Å². The van der Waals surface area contributed by atoms with E-state index in [0.717, 1.165) is 47.6 Å². The molecule has 140 valence electrons. The molecule has 1 unspecified atom stereocenters. The molecule has 2 aromatic carbocycles. The molecule has 5 heteroatoms. The molecule has 0 fully saturated rings. The van der Waals surface area contributed by atoms with E-state index in [0.29, 0.717) is 5.92 Å². The van der Waals surface area contributed by atoms with E-state index in [1.807, 2.05) is 37.3 Å². The normalized spacial score (nSPS) is 14.4. The zero-order valence-electron chi connectivity index (χ0n) is 15.7. The summed E-state index contributed by atoms with van der Waals surface area (Å²) in [6.07, 6.45) is 1.99. The van der Waals surface area contributed by atoms with Crippen LogP contribution in [-0.4, -0.2) is 18.5 Å². The van der Waals surface area contributed by atoms with Gasteiger partial charge in [-0.25, -0.2) is 0 Å². The minimum Gasteiger partial charge on any atom is -0.398 e. The van der Waals surface area contributed by atoms with Gasteiger partial charge in [-0.05, 0) is 55.0 Å². The molecule has 2 aromatic rings. The number of nitrogens with one attached hydrogen (secondary N) is 1. The van der Waals surface area contributed by atoms with Gasteiger partial charge in [-0.1, -0.05) is 38.1 Å². The van der Waals surface area contributed by atoms with Crippen LogP contribution in [0.3, 0.4) is 0 Å². The maximum absolute atomic E-state index is 12.9. The minimum absolute atomic E-state index is 0. The molecule has 0 saturated heterocycles. The van der Waals surface area contributed by atoms with Gasteiger partial charge in [0.2, 0.25) is 5.91 Å². The first kappa shape index (κ1) is 20.1. The van der Waals surface area contributed by atoms with Crippen molar-refractivity contribution in [3.8, 4) is 0 Å². The van der Waals surface area contributed by atoms with Gasteiger partial charge in [0.05, 0.1) is 0 Å². The second kappa shape index (κ2) is 8.45. The van der Waals surface area contributed by atoms with E-state index in [2.05, 4.69) is 36.2 Å². The highest BCUT2D eigenvalue weighted by atomic mass is 35.5. The second-order valence-corrected chi connectivity index (χ2v) is 7.05. The molecule has 1 aliphatic heterocycles. The van der Waals surface area contributed by atoms with Crippen molar-refractivity contribution >= 4 is 35.4 Å². The Morgan fingerprint density at radius 1 is 1.12 bits per heavy atom. The van der Waals surface area contributed by atoms with Crippen LogP contribution >= 0.6 is 12.4 Å². The number of rotatable bonds is 4. The molecule has 1 atom stereocenters. The zero-order chi connectivity index (χ0) is 18.0. The average molecular weight is 374 g/mol. The maximum Gasteiger partial charge on any atom is 0.246 e. The van der Waals surface area contributed by atoms with Gasteiger partial charge in [-0.3, -0.25) is 4.79 Å². The Morgan fingerprint density at radius 2 is 1.85 bits per heavy atom. The third-order valence-electron chi connectivity index (χ3n) is 5.01. The molecule has 0 saturated carbocycles. The molecule has 1 aliphatic rings. The van der Waals surface area contributed by atoms with Crippen molar-refractivity contribution in [2.24, 2.45) is 0 Å². The van der Waals surface area contributed by atoms with Crippen molar-refractivity contribution < 1.29 is 4.79 Å². The fourth-order valence-electron chi connectivity index (χ4n) is 3.58. The van der Waals surface area contributed by atoms with Crippen LogP contribution in [0.5, 0.6) is 0 Å². The summed E-state index contributed by atoms with van der Waals surface area (Å²) in [6.45, 7) is 7.11. The highest BCUT2D eigenvalue weighted by Gasteiger charge is 2.27. The molecular formula is C21H28ClN3O. The minimum atomic E-state index is -0.249. The molecule has 0 bridgehead atoms. The first-order valence-electron chi connectivity index (χ1n) is 9.03. The van der Waals surface area contributed by atoms with E-state index in [1.165, 1.54) is 0 Å². The number of carbonyl (C=O) groups is 1. The molecular weight excluding hydrogens is 346 g/mol. The Balaban J connectivity index is 0.00000243. The van der Waals surface area contributed by atoms with Crippen LogP contribution in [0.4, 0.5) is 17.1 Å². The third kappa shape index (κ3) is 3.96. The topological polar surface area (TPSA) is 58.4 Å². The molecule has 1 heterocycles. The third-order valence-corrected chi connectivity index (χ3v) is 5.01. The number of halogens is 1. The number of benzene rings is 2. The van der Waals surface area contributed by atoms with Gasteiger partial charge < -0.3 is 16.0 Å². The number of para-hydroxylation sites is 1. The number of hydrogen-bond donors (Lipinski definition) is 2. The lowest BCUT2D eigenvalue weighted by atomic mass is 9.98. The summed E-state index contributed by atoms with van der Waals surface area (Å²) in [7, 11) is 0. The Bertz CT molecular complexity index is 776. The van der Waals surface area contributed by atoms with E-state index >= 15 is 0 Å². The largest absolute Gasteiger partial charge is 0.398 e. The number of nitrogens with zero attached hydrogens (tertiary/aromatic N) is 1. The van der Waals surface area contributed by atoms with E-state index < -0.39 is 0 Å². The number of amides is 1. The first-order valence-corrected chi connectivity index (χ1v) is 9.03. The molecule has 1 amide bonds. The SMILES string of the molecule is CC(C)c1ccccc1NC(=O)C(C)N1CCCc2c(N)cccc21.Cl. The van der Waals surface area contributed by atoms with Crippen molar-refractivity contribution in [2.75, 3.05) is 22.5 Å². The quantitative estimate of drug-likeness (QED) is 0.770. The number of carbonyl (C=O) groups excluding carboxylic acids is 1. The predicted molar refractivity (Wildman–Crippen MR) is 112 cm³/mol. The Kier molecular flexibility index (Phi) is 6.54.